The van der Waals surface area contributed by atoms with Crippen LogP contribution in [0, 0.1) is 0 Å². The molecule has 3 aromatic rings. The number of nitrogens with one attached hydrogen (secondary N) is 1. The zero-order valence-corrected chi connectivity index (χ0v) is 12.1. The number of nitrogens with zero attached hydrogens (tertiary/aromatic N) is 2. The number of carbonyl (C=O) groups excluding carboxylic acids is 1. The summed E-state index contributed by atoms with van der Waals surface area (Å²) in [6.45, 7) is -0.0446. The van der Waals surface area contributed by atoms with Gasteiger partial charge in [-0.3, -0.25) is 4.79 Å². The predicted molar refractivity (Wildman–Crippen MR) is 84.9 cm³/mol. The molecular formula is C16H16N4O2. The number of benzene rings is 1. The van der Waals surface area contributed by atoms with Crippen molar-refractivity contribution in [1.29, 1.82) is 0 Å². The monoisotopic (exact) mass is 296 g/mol. The van der Waals surface area contributed by atoms with Crippen molar-refractivity contribution in [2.45, 2.75) is 0 Å². The van der Waals surface area contributed by atoms with Crippen molar-refractivity contribution in [2.24, 2.45) is 5.73 Å². The lowest BCUT2D eigenvalue weighted by Crippen LogP contribution is -2.21. The number of rotatable bonds is 4. The van der Waals surface area contributed by atoms with Crippen molar-refractivity contribution in [3.63, 3.8) is 0 Å². The van der Waals surface area contributed by atoms with Gasteiger partial charge in [0.1, 0.15) is 11.4 Å². The summed E-state index contributed by atoms with van der Waals surface area (Å²) in [6, 6.07) is 11.4. The average molecular weight is 296 g/mol. The van der Waals surface area contributed by atoms with E-state index in [9.17, 15) is 4.79 Å². The minimum absolute atomic E-state index is 0.0446. The van der Waals surface area contributed by atoms with Gasteiger partial charge in [-0.05, 0) is 24.3 Å². The first-order chi connectivity index (χ1) is 10.7. The molecule has 1 aromatic carbocycles. The number of pyridine rings is 1. The third kappa shape index (κ3) is 2.77. The second-order valence-electron chi connectivity index (χ2n) is 4.79. The van der Waals surface area contributed by atoms with Crippen molar-refractivity contribution in [1.82, 2.24) is 9.38 Å². The Morgan fingerprint density at radius 2 is 2.18 bits per heavy atom. The summed E-state index contributed by atoms with van der Waals surface area (Å²) in [5.41, 5.74) is 8.57. The Hall–Kier alpha value is -2.86. The van der Waals surface area contributed by atoms with Crippen LogP contribution in [-0.4, -0.2) is 28.9 Å². The van der Waals surface area contributed by atoms with Gasteiger partial charge < -0.3 is 20.2 Å². The summed E-state index contributed by atoms with van der Waals surface area (Å²) < 4.78 is 7.09. The molecule has 1 amide bonds. The Morgan fingerprint density at radius 3 is 2.95 bits per heavy atom. The maximum atomic E-state index is 11.3. The van der Waals surface area contributed by atoms with Crippen molar-refractivity contribution in [3.8, 4) is 17.0 Å². The summed E-state index contributed by atoms with van der Waals surface area (Å²) in [5, 5.41) is 2.72. The van der Waals surface area contributed by atoms with Crippen LogP contribution < -0.4 is 15.8 Å². The zero-order chi connectivity index (χ0) is 15.5. The zero-order valence-electron chi connectivity index (χ0n) is 12.1. The van der Waals surface area contributed by atoms with Gasteiger partial charge in [-0.2, -0.15) is 0 Å². The lowest BCUT2D eigenvalue weighted by atomic mass is 10.1. The number of imidazole rings is 1. The Morgan fingerprint density at radius 1 is 1.32 bits per heavy atom. The summed E-state index contributed by atoms with van der Waals surface area (Å²) >= 11 is 0. The summed E-state index contributed by atoms with van der Waals surface area (Å²) in [7, 11) is 1.63. The maximum Gasteiger partial charge on any atom is 0.238 e. The number of nitrogens with two attached hydrogens (primary N) is 1. The molecule has 0 saturated heterocycles. The lowest BCUT2D eigenvalue weighted by Gasteiger charge is -2.03. The molecule has 0 aliphatic heterocycles. The molecule has 0 unspecified atom stereocenters. The molecule has 0 fully saturated rings. The molecule has 3 N–H and O–H groups in total. The normalized spacial score (nSPS) is 10.6. The number of fused-ring (bicyclic) bond motifs is 1. The quantitative estimate of drug-likeness (QED) is 0.770. The van der Waals surface area contributed by atoms with Gasteiger partial charge in [0, 0.05) is 18.0 Å². The predicted octanol–water partition coefficient (Wildman–Crippen LogP) is 1.91. The first-order valence-corrected chi connectivity index (χ1v) is 6.82. The van der Waals surface area contributed by atoms with Crippen LogP contribution in [0.25, 0.3) is 16.9 Å². The third-order valence-corrected chi connectivity index (χ3v) is 3.29. The average Bonchev–Trinajstić information content (AvgIpc) is 2.98. The van der Waals surface area contributed by atoms with E-state index in [2.05, 4.69) is 10.3 Å². The molecule has 22 heavy (non-hydrogen) atoms. The number of amides is 1. The highest BCUT2D eigenvalue weighted by Crippen LogP contribution is 2.24. The molecule has 2 heterocycles. The number of anilines is 1. The van der Waals surface area contributed by atoms with Gasteiger partial charge in [0.05, 0.1) is 25.0 Å². The van der Waals surface area contributed by atoms with Gasteiger partial charge in [0.2, 0.25) is 5.91 Å². The lowest BCUT2D eigenvalue weighted by molar-refractivity contribution is -0.114. The first-order valence-electron chi connectivity index (χ1n) is 6.82. The fourth-order valence-electron chi connectivity index (χ4n) is 2.20. The number of aromatic nitrogens is 2. The van der Waals surface area contributed by atoms with Crippen molar-refractivity contribution in [3.05, 3.63) is 48.8 Å². The topological polar surface area (TPSA) is 81.7 Å². The van der Waals surface area contributed by atoms with Crippen LogP contribution in [0.2, 0.25) is 0 Å². The molecule has 6 heteroatoms. The Balaban J connectivity index is 1.97. The molecule has 0 radical (unpaired) electrons. The minimum Gasteiger partial charge on any atom is -0.497 e. The summed E-state index contributed by atoms with van der Waals surface area (Å²) in [5.74, 6) is 0.554. The SMILES string of the molecule is COc1cccc(-c2cn3cc(NC(=O)CN)ccc3n2)c1. The standard InChI is InChI=1S/C16H16N4O2/c1-22-13-4-2-3-11(7-13)14-10-20-9-12(18-16(21)8-17)5-6-15(20)19-14/h2-7,9-10H,8,17H2,1H3,(H,18,21). The number of methoxy groups -OCH3 is 1. The molecule has 3 rings (SSSR count). The van der Waals surface area contributed by atoms with Crippen molar-refractivity contribution >= 4 is 17.2 Å². The van der Waals surface area contributed by atoms with Crippen LogP contribution in [0.3, 0.4) is 0 Å². The van der Waals surface area contributed by atoms with Crippen LogP contribution >= 0.6 is 0 Å². The maximum absolute atomic E-state index is 11.3. The van der Waals surface area contributed by atoms with E-state index in [0.717, 1.165) is 22.7 Å². The van der Waals surface area contributed by atoms with E-state index in [-0.39, 0.29) is 12.5 Å². The van der Waals surface area contributed by atoms with Crippen molar-refractivity contribution in [2.75, 3.05) is 19.0 Å². The highest BCUT2D eigenvalue weighted by molar-refractivity contribution is 5.92. The second kappa shape index (κ2) is 5.87. The van der Waals surface area contributed by atoms with Crippen LogP contribution in [0.4, 0.5) is 5.69 Å². The first kappa shape index (κ1) is 14.1. The molecular weight excluding hydrogens is 280 g/mol. The molecule has 6 nitrogen and oxygen atoms in total. The van der Waals surface area contributed by atoms with E-state index in [1.165, 1.54) is 0 Å². The van der Waals surface area contributed by atoms with Crippen LogP contribution in [0.5, 0.6) is 5.75 Å². The Bertz CT molecular complexity index is 826. The highest BCUT2D eigenvalue weighted by atomic mass is 16.5. The summed E-state index contributed by atoms with van der Waals surface area (Å²) in [4.78, 5) is 15.9. The van der Waals surface area contributed by atoms with Crippen LogP contribution in [-0.2, 0) is 4.79 Å². The van der Waals surface area contributed by atoms with E-state index >= 15 is 0 Å². The molecule has 0 atom stereocenters. The second-order valence-corrected chi connectivity index (χ2v) is 4.79. The van der Waals surface area contributed by atoms with Gasteiger partial charge >= 0.3 is 0 Å². The van der Waals surface area contributed by atoms with Gasteiger partial charge in [-0.25, -0.2) is 4.98 Å². The van der Waals surface area contributed by atoms with Crippen LogP contribution in [0.1, 0.15) is 0 Å². The van der Waals surface area contributed by atoms with Crippen LogP contribution in [0.15, 0.2) is 48.8 Å². The fourth-order valence-corrected chi connectivity index (χ4v) is 2.20. The van der Waals surface area contributed by atoms with Gasteiger partial charge in [0.25, 0.3) is 0 Å². The molecule has 112 valence electrons. The number of hydrogen-bond donors (Lipinski definition) is 2. The molecule has 0 bridgehead atoms. The Labute approximate surface area is 127 Å². The fraction of sp³-hybridized carbons (Fsp3) is 0.125. The van der Waals surface area contributed by atoms with Gasteiger partial charge in [-0.1, -0.05) is 12.1 Å². The molecule has 0 saturated carbocycles. The summed E-state index contributed by atoms with van der Waals surface area (Å²) in [6.07, 6.45) is 3.71. The van der Waals surface area contributed by atoms with Crippen molar-refractivity contribution < 1.29 is 9.53 Å². The van der Waals surface area contributed by atoms with Gasteiger partial charge in [-0.15, -0.1) is 0 Å². The van der Waals surface area contributed by atoms with E-state index in [0.29, 0.717) is 5.69 Å². The molecule has 2 aromatic heterocycles. The molecule has 0 spiro atoms. The minimum atomic E-state index is -0.229. The smallest absolute Gasteiger partial charge is 0.238 e. The number of ether oxygens (including phenoxy) is 1. The van der Waals surface area contributed by atoms with E-state index in [1.807, 2.05) is 40.9 Å². The van der Waals surface area contributed by atoms with E-state index in [4.69, 9.17) is 10.5 Å². The van der Waals surface area contributed by atoms with Gasteiger partial charge in [0.15, 0.2) is 0 Å². The molecule has 0 aliphatic carbocycles. The number of hydrogen-bond acceptors (Lipinski definition) is 4. The largest absolute Gasteiger partial charge is 0.497 e. The number of carbonyl (C=O) groups is 1. The van der Waals surface area contributed by atoms with E-state index in [1.54, 1.807) is 19.4 Å². The highest BCUT2D eigenvalue weighted by Gasteiger charge is 2.07. The molecule has 0 aliphatic rings. The van der Waals surface area contributed by atoms with E-state index < -0.39 is 0 Å². The Kier molecular flexibility index (Phi) is 3.76. The third-order valence-electron chi connectivity index (χ3n) is 3.29.